The molecule has 21 heavy (non-hydrogen) atoms. The molecule has 0 aliphatic heterocycles. The summed E-state index contributed by atoms with van der Waals surface area (Å²) < 4.78 is 1.79. The molecular weight excluding hydrogens is 264 g/mol. The highest BCUT2D eigenvalue weighted by molar-refractivity contribution is 5.76. The molecule has 0 aliphatic carbocycles. The number of aryl methyl sites for hydroxylation is 3. The summed E-state index contributed by atoms with van der Waals surface area (Å²) >= 11 is 0. The minimum Gasteiger partial charge on any atom is -0.353 e. The fourth-order valence-corrected chi connectivity index (χ4v) is 2.23. The second kappa shape index (κ2) is 7.02. The summed E-state index contributed by atoms with van der Waals surface area (Å²) in [7, 11) is 0. The van der Waals surface area contributed by atoms with E-state index in [0.717, 1.165) is 23.2 Å². The average Bonchev–Trinajstić information content (AvgIpc) is 2.85. The van der Waals surface area contributed by atoms with E-state index in [9.17, 15) is 4.79 Å². The zero-order valence-corrected chi connectivity index (χ0v) is 12.8. The summed E-state index contributed by atoms with van der Waals surface area (Å²) in [5, 5.41) is 7.19. The number of rotatable bonds is 6. The molecule has 1 amide bonds. The lowest BCUT2D eigenvalue weighted by molar-refractivity contribution is -0.121. The molecule has 1 unspecified atom stereocenters. The highest BCUT2D eigenvalue weighted by atomic mass is 16.1. The quantitative estimate of drug-likeness (QED) is 0.884. The van der Waals surface area contributed by atoms with Crippen LogP contribution in [0.5, 0.6) is 0 Å². The minimum atomic E-state index is 0.0456. The van der Waals surface area contributed by atoms with Crippen LogP contribution in [-0.2, 0) is 17.8 Å². The van der Waals surface area contributed by atoms with Gasteiger partial charge in [-0.3, -0.25) is 14.5 Å². The van der Waals surface area contributed by atoms with Crippen molar-refractivity contribution in [2.24, 2.45) is 0 Å². The third-order valence-corrected chi connectivity index (χ3v) is 3.36. The first-order valence-corrected chi connectivity index (χ1v) is 7.23. The number of aromatic nitrogens is 3. The van der Waals surface area contributed by atoms with E-state index in [1.54, 1.807) is 17.1 Å². The first kappa shape index (κ1) is 15.2. The summed E-state index contributed by atoms with van der Waals surface area (Å²) in [5.41, 5.74) is 3.30. The van der Waals surface area contributed by atoms with Crippen LogP contribution in [0, 0.1) is 13.8 Å². The molecule has 2 aromatic rings. The van der Waals surface area contributed by atoms with Gasteiger partial charge in [0, 0.05) is 43.5 Å². The predicted molar refractivity (Wildman–Crippen MR) is 81.9 cm³/mol. The Balaban J connectivity index is 1.78. The number of amides is 1. The van der Waals surface area contributed by atoms with Crippen molar-refractivity contribution in [2.75, 3.05) is 0 Å². The third-order valence-electron chi connectivity index (χ3n) is 3.36. The summed E-state index contributed by atoms with van der Waals surface area (Å²) in [6.45, 7) is 6.64. The first-order chi connectivity index (χ1) is 10.0. The fourth-order valence-electron chi connectivity index (χ4n) is 2.23. The van der Waals surface area contributed by atoms with Gasteiger partial charge < -0.3 is 5.32 Å². The molecule has 5 heteroatoms. The van der Waals surface area contributed by atoms with Crippen LogP contribution in [0.4, 0.5) is 0 Å². The SMILES string of the molecule is Cc1cnn(CCC(=O)NC(C)Cc2ncccc2C)c1. The zero-order chi connectivity index (χ0) is 15.2. The Morgan fingerprint density at radius 2 is 2.24 bits per heavy atom. The second-order valence-corrected chi connectivity index (χ2v) is 5.47. The largest absolute Gasteiger partial charge is 0.353 e. The lowest BCUT2D eigenvalue weighted by atomic mass is 10.1. The van der Waals surface area contributed by atoms with E-state index in [1.807, 2.05) is 39.1 Å². The minimum absolute atomic E-state index is 0.0456. The molecule has 0 aliphatic rings. The van der Waals surface area contributed by atoms with Gasteiger partial charge in [0.25, 0.3) is 0 Å². The normalized spacial score (nSPS) is 12.1. The Bertz CT molecular complexity index is 606. The van der Waals surface area contributed by atoms with Gasteiger partial charge in [-0.15, -0.1) is 0 Å². The van der Waals surface area contributed by atoms with Crippen LogP contribution in [-0.4, -0.2) is 26.7 Å². The summed E-state index contributed by atoms with van der Waals surface area (Å²) in [6.07, 6.45) is 6.71. The van der Waals surface area contributed by atoms with E-state index in [2.05, 4.69) is 15.4 Å². The van der Waals surface area contributed by atoms with Crippen LogP contribution in [0.15, 0.2) is 30.7 Å². The molecule has 1 atom stereocenters. The second-order valence-electron chi connectivity index (χ2n) is 5.47. The summed E-state index contributed by atoms with van der Waals surface area (Å²) in [6, 6.07) is 4.04. The van der Waals surface area contributed by atoms with Crippen molar-refractivity contribution in [1.82, 2.24) is 20.1 Å². The zero-order valence-electron chi connectivity index (χ0n) is 12.8. The van der Waals surface area contributed by atoms with Gasteiger partial charge in [-0.05, 0) is 38.0 Å². The summed E-state index contributed by atoms with van der Waals surface area (Å²) in [5.74, 6) is 0.0456. The lowest BCUT2D eigenvalue weighted by Gasteiger charge is -2.14. The molecule has 2 heterocycles. The molecule has 2 rings (SSSR count). The van der Waals surface area contributed by atoms with Crippen molar-refractivity contribution in [2.45, 2.75) is 46.2 Å². The molecule has 0 aromatic carbocycles. The lowest BCUT2D eigenvalue weighted by Crippen LogP contribution is -2.34. The maximum absolute atomic E-state index is 11.9. The molecule has 0 saturated heterocycles. The number of hydrogen-bond donors (Lipinski definition) is 1. The van der Waals surface area contributed by atoms with Crippen molar-refractivity contribution in [1.29, 1.82) is 0 Å². The Morgan fingerprint density at radius 3 is 2.90 bits per heavy atom. The summed E-state index contributed by atoms with van der Waals surface area (Å²) in [4.78, 5) is 16.3. The van der Waals surface area contributed by atoms with Gasteiger partial charge in [0.1, 0.15) is 0 Å². The molecular formula is C16H22N4O. The number of nitrogens with one attached hydrogen (secondary N) is 1. The van der Waals surface area contributed by atoms with E-state index < -0.39 is 0 Å². The number of hydrogen-bond acceptors (Lipinski definition) is 3. The Morgan fingerprint density at radius 1 is 1.43 bits per heavy atom. The maximum atomic E-state index is 11.9. The van der Waals surface area contributed by atoms with Crippen LogP contribution in [0.1, 0.15) is 30.2 Å². The average molecular weight is 286 g/mol. The smallest absolute Gasteiger partial charge is 0.222 e. The first-order valence-electron chi connectivity index (χ1n) is 7.23. The fraction of sp³-hybridized carbons (Fsp3) is 0.438. The third kappa shape index (κ3) is 4.70. The molecule has 0 radical (unpaired) electrons. The number of carbonyl (C=O) groups excluding carboxylic acids is 1. The van der Waals surface area contributed by atoms with Crippen LogP contribution >= 0.6 is 0 Å². The molecule has 112 valence electrons. The van der Waals surface area contributed by atoms with Crippen molar-refractivity contribution in [3.63, 3.8) is 0 Å². The standard InChI is InChI=1S/C16H22N4O/c1-12-10-18-20(11-12)8-6-16(21)19-14(3)9-15-13(2)5-4-7-17-15/h4-5,7,10-11,14H,6,8-9H2,1-3H3,(H,19,21). The predicted octanol–water partition coefficient (Wildman–Crippen LogP) is 2.03. The molecule has 1 N–H and O–H groups in total. The Hall–Kier alpha value is -2.17. The molecule has 0 fully saturated rings. The van der Waals surface area contributed by atoms with Crippen LogP contribution in [0.3, 0.4) is 0 Å². The van der Waals surface area contributed by atoms with E-state index in [0.29, 0.717) is 13.0 Å². The van der Waals surface area contributed by atoms with Gasteiger partial charge in [-0.1, -0.05) is 6.07 Å². The molecule has 0 spiro atoms. The van der Waals surface area contributed by atoms with Gasteiger partial charge in [-0.2, -0.15) is 5.10 Å². The van der Waals surface area contributed by atoms with Crippen molar-refractivity contribution in [3.8, 4) is 0 Å². The van der Waals surface area contributed by atoms with E-state index in [1.165, 1.54) is 0 Å². The molecule has 5 nitrogen and oxygen atoms in total. The highest BCUT2D eigenvalue weighted by Gasteiger charge is 2.10. The number of pyridine rings is 1. The van der Waals surface area contributed by atoms with Gasteiger partial charge in [-0.25, -0.2) is 0 Å². The molecule has 2 aromatic heterocycles. The van der Waals surface area contributed by atoms with Crippen LogP contribution in [0.2, 0.25) is 0 Å². The van der Waals surface area contributed by atoms with E-state index in [-0.39, 0.29) is 11.9 Å². The van der Waals surface area contributed by atoms with Crippen LogP contribution in [0.25, 0.3) is 0 Å². The van der Waals surface area contributed by atoms with Crippen LogP contribution < -0.4 is 5.32 Å². The van der Waals surface area contributed by atoms with Crippen molar-refractivity contribution < 1.29 is 4.79 Å². The number of carbonyl (C=O) groups is 1. The Labute approximate surface area is 125 Å². The maximum Gasteiger partial charge on any atom is 0.222 e. The monoisotopic (exact) mass is 286 g/mol. The van der Waals surface area contributed by atoms with Gasteiger partial charge in [0.15, 0.2) is 0 Å². The topological polar surface area (TPSA) is 59.8 Å². The van der Waals surface area contributed by atoms with Crippen molar-refractivity contribution >= 4 is 5.91 Å². The number of nitrogens with zero attached hydrogens (tertiary/aromatic N) is 3. The molecule has 0 saturated carbocycles. The van der Waals surface area contributed by atoms with Gasteiger partial charge >= 0.3 is 0 Å². The van der Waals surface area contributed by atoms with Crippen molar-refractivity contribution in [3.05, 3.63) is 47.5 Å². The van der Waals surface area contributed by atoms with E-state index >= 15 is 0 Å². The molecule has 0 bridgehead atoms. The van der Waals surface area contributed by atoms with E-state index in [4.69, 9.17) is 0 Å². The van der Waals surface area contributed by atoms with Gasteiger partial charge in [0.05, 0.1) is 6.20 Å². The highest BCUT2D eigenvalue weighted by Crippen LogP contribution is 2.06. The Kier molecular flexibility index (Phi) is 5.09. The van der Waals surface area contributed by atoms with Gasteiger partial charge in [0.2, 0.25) is 5.91 Å².